The van der Waals surface area contributed by atoms with Crippen molar-refractivity contribution in [3.8, 4) is 5.75 Å². The Hall–Kier alpha value is -2.86. The van der Waals surface area contributed by atoms with Crippen LogP contribution in [0.2, 0.25) is 5.02 Å². The van der Waals surface area contributed by atoms with Gasteiger partial charge in [0.2, 0.25) is 0 Å². The normalized spacial score (nSPS) is 10.4. The summed E-state index contributed by atoms with van der Waals surface area (Å²) >= 11 is 5.81. The van der Waals surface area contributed by atoms with Crippen LogP contribution in [0.25, 0.3) is 0 Å². The second kappa shape index (κ2) is 7.14. The molecule has 122 valence electrons. The van der Waals surface area contributed by atoms with Gasteiger partial charge in [0.05, 0.1) is 0 Å². The SMILES string of the molecule is Cc1noc(COc2ccc(NC(=O)c3ccc(Cl)cc3)cc2)n1. The Labute approximate surface area is 143 Å². The van der Waals surface area contributed by atoms with Crippen molar-refractivity contribution in [2.45, 2.75) is 13.5 Å². The van der Waals surface area contributed by atoms with Crippen molar-refractivity contribution in [2.75, 3.05) is 5.32 Å². The number of hydrogen-bond acceptors (Lipinski definition) is 5. The lowest BCUT2D eigenvalue weighted by Gasteiger charge is -2.07. The van der Waals surface area contributed by atoms with E-state index in [4.69, 9.17) is 20.9 Å². The van der Waals surface area contributed by atoms with Gasteiger partial charge in [0.1, 0.15) is 5.75 Å². The van der Waals surface area contributed by atoms with Crippen LogP contribution in [0.3, 0.4) is 0 Å². The van der Waals surface area contributed by atoms with Gasteiger partial charge in [-0.3, -0.25) is 4.79 Å². The minimum atomic E-state index is -0.207. The number of nitrogens with one attached hydrogen (secondary N) is 1. The highest BCUT2D eigenvalue weighted by Gasteiger charge is 2.07. The number of anilines is 1. The van der Waals surface area contributed by atoms with Crippen LogP contribution in [0.15, 0.2) is 53.1 Å². The van der Waals surface area contributed by atoms with Gasteiger partial charge in [-0.05, 0) is 55.5 Å². The van der Waals surface area contributed by atoms with Crippen LogP contribution in [0.4, 0.5) is 5.69 Å². The number of nitrogens with zero attached hydrogens (tertiary/aromatic N) is 2. The zero-order valence-corrected chi connectivity index (χ0v) is 13.6. The van der Waals surface area contributed by atoms with Crippen LogP contribution in [-0.4, -0.2) is 16.0 Å². The van der Waals surface area contributed by atoms with Crippen molar-refractivity contribution in [1.29, 1.82) is 0 Å². The molecule has 0 fully saturated rings. The summed E-state index contributed by atoms with van der Waals surface area (Å²) in [7, 11) is 0. The molecule has 0 saturated carbocycles. The molecule has 1 N–H and O–H groups in total. The van der Waals surface area contributed by atoms with Crippen LogP contribution < -0.4 is 10.1 Å². The molecule has 24 heavy (non-hydrogen) atoms. The van der Waals surface area contributed by atoms with E-state index < -0.39 is 0 Å². The Morgan fingerprint density at radius 3 is 2.50 bits per heavy atom. The van der Waals surface area contributed by atoms with Gasteiger partial charge in [-0.25, -0.2) is 0 Å². The third-order valence-corrected chi connectivity index (χ3v) is 3.40. The molecular weight excluding hydrogens is 330 g/mol. The second-order valence-electron chi connectivity index (χ2n) is 5.01. The molecule has 2 aromatic carbocycles. The third kappa shape index (κ3) is 4.11. The molecule has 7 heteroatoms. The highest BCUT2D eigenvalue weighted by Crippen LogP contribution is 2.18. The lowest BCUT2D eigenvalue weighted by molar-refractivity contribution is 0.102. The smallest absolute Gasteiger partial charge is 0.264 e. The van der Waals surface area contributed by atoms with Gasteiger partial charge in [-0.15, -0.1) is 0 Å². The molecule has 0 aliphatic carbocycles. The van der Waals surface area contributed by atoms with E-state index in [-0.39, 0.29) is 12.5 Å². The van der Waals surface area contributed by atoms with Crippen LogP contribution in [0.5, 0.6) is 5.75 Å². The summed E-state index contributed by atoms with van der Waals surface area (Å²) in [6.07, 6.45) is 0. The van der Waals surface area contributed by atoms with Gasteiger partial charge in [-0.2, -0.15) is 4.98 Å². The standard InChI is InChI=1S/C17H14ClN3O3/c1-11-19-16(24-21-11)10-23-15-8-6-14(7-9-15)20-17(22)12-2-4-13(18)5-3-12/h2-9H,10H2,1H3,(H,20,22). The quantitative estimate of drug-likeness (QED) is 0.761. The topological polar surface area (TPSA) is 77.3 Å². The summed E-state index contributed by atoms with van der Waals surface area (Å²) in [5.41, 5.74) is 1.20. The fraction of sp³-hybridized carbons (Fsp3) is 0.118. The summed E-state index contributed by atoms with van der Waals surface area (Å²) < 4.78 is 10.5. The molecule has 6 nitrogen and oxygen atoms in total. The average Bonchev–Trinajstić information content (AvgIpc) is 3.00. The fourth-order valence-electron chi connectivity index (χ4n) is 1.98. The molecule has 0 spiro atoms. The van der Waals surface area contributed by atoms with Crippen LogP contribution in [-0.2, 0) is 6.61 Å². The molecule has 3 rings (SSSR count). The van der Waals surface area contributed by atoms with Crippen LogP contribution in [0, 0.1) is 6.92 Å². The van der Waals surface area contributed by atoms with E-state index in [1.54, 1.807) is 55.5 Å². The van der Waals surface area contributed by atoms with Gasteiger partial charge in [0.15, 0.2) is 12.4 Å². The van der Waals surface area contributed by atoms with Crippen molar-refractivity contribution in [1.82, 2.24) is 10.1 Å². The van der Waals surface area contributed by atoms with Gasteiger partial charge >= 0.3 is 0 Å². The molecule has 0 bridgehead atoms. The zero-order chi connectivity index (χ0) is 16.9. The van der Waals surface area contributed by atoms with E-state index in [0.717, 1.165) is 0 Å². The lowest BCUT2D eigenvalue weighted by Crippen LogP contribution is -2.11. The average molecular weight is 344 g/mol. The molecule has 1 amide bonds. The van der Waals surface area contributed by atoms with Crippen molar-refractivity contribution in [3.63, 3.8) is 0 Å². The monoisotopic (exact) mass is 343 g/mol. The first-order chi connectivity index (χ1) is 11.6. The van der Waals surface area contributed by atoms with Crippen molar-refractivity contribution in [3.05, 3.63) is 70.8 Å². The molecule has 0 aliphatic rings. The van der Waals surface area contributed by atoms with E-state index in [0.29, 0.717) is 33.7 Å². The predicted octanol–water partition coefficient (Wildman–Crippen LogP) is 3.86. The molecule has 1 aromatic heterocycles. The number of aryl methyl sites for hydroxylation is 1. The summed E-state index contributed by atoms with van der Waals surface area (Å²) in [5.74, 6) is 1.40. The molecule has 1 heterocycles. The molecule has 0 saturated heterocycles. The molecule has 0 unspecified atom stereocenters. The number of benzene rings is 2. The first-order valence-corrected chi connectivity index (χ1v) is 7.57. The maximum atomic E-state index is 12.1. The summed E-state index contributed by atoms with van der Waals surface area (Å²) in [6, 6.07) is 13.7. The lowest BCUT2D eigenvalue weighted by atomic mass is 10.2. The van der Waals surface area contributed by atoms with Gasteiger partial charge in [-0.1, -0.05) is 16.8 Å². The Bertz CT molecular complexity index is 829. The van der Waals surface area contributed by atoms with Crippen molar-refractivity contribution in [2.24, 2.45) is 0 Å². The minimum Gasteiger partial charge on any atom is -0.484 e. The van der Waals surface area contributed by atoms with Gasteiger partial charge in [0.25, 0.3) is 11.8 Å². The number of ether oxygens (including phenoxy) is 1. The summed E-state index contributed by atoms with van der Waals surface area (Å²) in [4.78, 5) is 16.2. The molecule has 3 aromatic rings. The highest BCUT2D eigenvalue weighted by atomic mass is 35.5. The summed E-state index contributed by atoms with van der Waals surface area (Å²) in [5, 5.41) is 7.08. The predicted molar refractivity (Wildman–Crippen MR) is 89.2 cm³/mol. The number of amides is 1. The molecule has 0 aliphatic heterocycles. The maximum absolute atomic E-state index is 12.1. The third-order valence-electron chi connectivity index (χ3n) is 3.15. The maximum Gasteiger partial charge on any atom is 0.264 e. The number of aromatic nitrogens is 2. The Morgan fingerprint density at radius 2 is 1.88 bits per heavy atom. The van der Waals surface area contributed by atoms with E-state index in [1.165, 1.54) is 0 Å². The molecule has 0 radical (unpaired) electrons. The Morgan fingerprint density at radius 1 is 1.17 bits per heavy atom. The first-order valence-electron chi connectivity index (χ1n) is 7.19. The van der Waals surface area contributed by atoms with E-state index in [2.05, 4.69) is 15.5 Å². The number of hydrogen-bond donors (Lipinski definition) is 1. The fourth-order valence-corrected chi connectivity index (χ4v) is 2.11. The Balaban J connectivity index is 1.57. The van der Waals surface area contributed by atoms with Crippen molar-refractivity contribution < 1.29 is 14.1 Å². The molecular formula is C17H14ClN3O3. The van der Waals surface area contributed by atoms with Crippen LogP contribution in [0.1, 0.15) is 22.1 Å². The van der Waals surface area contributed by atoms with Crippen molar-refractivity contribution >= 4 is 23.2 Å². The number of carbonyl (C=O) groups excluding carboxylic acids is 1. The minimum absolute atomic E-state index is 0.192. The zero-order valence-electron chi connectivity index (χ0n) is 12.8. The number of carbonyl (C=O) groups is 1. The second-order valence-corrected chi connectivity index (χ2v) is 5.45. The van der Waals surface area contributed by atoms with Gasteiger partial charge < -0.3 is 14.6 Å². The first kappa shape index (κ1) is 16.0. The largest absolute Gasteiger partial charge is 0.484 e. The molecule has 0 atom stereocenters. The van der Waals surface area contributed by atoms with E-state index in [9.17, 15) is 4.79 Å². The van der Waals surface area contributed by atoms with E-state index >= 15 is 0 Å². The Kier molecular flexibility index (Phi) is 4.77. The number of rotatable bonds is 5. The number of halogens is 1. The van der Waals surface area contributed by atoms with Crippen LogP contribution >= 0.6 is 11.6 Å². The highest BCUT2D eigenvalue weighted by molar-refractivity contribution is 6.30. The summed E-state index contributed by atoms with van der Waals surface area (Å²) in [6.45, 7) is 1.93. The van der Waals surface area contributed by atoms with E-state index in [1.807, 2.05) is 0 Å². The van der Waals surface area contributed by atoms with Gasteiger partial charge in [0, 0.05) is 16.3 Å².